The second-order valence-electron chi connectivity index (χ2n) is 5.16. The quantitative estimate of drug-likeness (QED) is 0.582. The van der Waals surface area contributed by atoms with E-state index in [1.807, 2.05) is 0 Å². The van der Waals surface area contributed by atoms with E-state index in [1.54, 1.807) is 0 Å². The Morgan fingerprint density at radius 2 is 1.83 bits per heavy atom. The number of hydrogen-bond acceptors (Lipinski definition) is 0. The zero-order valence-corrected chi connectivity index (χ0v) is 9.14. The monoisotopic (exact) mass is 168 g/mol. The molecule has 0 spiro atoms. The Labute approximate surface area is 77.7 Å². The van der Waals surface area contributed by atoms with Gasteiger partial charge in [-0.05, 0) is 30.1 Å². The molecular formula is C12H24. The third-order valence-electron chi connectivity index (χ3n) is 3.65. The van der Waals surface area contributed by atoms with Gasteiger partial charge < -0.3 is 0 Å². The van der Waals surface area contributed by atoms with Gasteiger partial charge in [0.2, 0.25) is 0 Å². The zero-order valence-electron chi connectivity index (χ0n) is 9.14. The molecule has 1 aliphatic rings. The van der Waals surface area contributed by atoms with E-state index in [-0.39, 0.29) is 0 Å². The van der Waals surface area contributed by atoms with E-state index in [0.29, 0.717) is 0 Å². The summed E-state index contributed by atoms with van der Waals surface area (Å²) < 4.78 is 0. The van der Waals surface area contributed by atoms with E-state index in [9.17, 15) is 0 Å². The zero-order chi connectivity index (χ0) is 9.14. The molecule has 0 saturated heterocycles. The molecule has 3 atom stereocenters. The van der Waals surface area contributed by atoms with E-state index >= 15 is 0 Å². The van der Waals surface area contributed by atoms with Gasteiger partial charge in [-0.1, -0.05) is 47.0 Å². The van der Waals surface area contributed by atoms with Gasteiger partial charge in [-0.2, -0.15) is 0 Å². The van der Waals surface area contributed by atoms with Crippen LogP contribution in [0.1, 0.15) is 53.4 Å². The third kappa shape index (κ3) is 2.50. The maximum atomic E-state index is 2.46. The number of hydrogen-bond donors (Lipinski definition) is 0. The van der Waals surface area contributed by atoms with Crippen LogP contribution in [0.2, 0.25) is 0 Å². The van der Waals surface area contributed by atoms with Gasteiger partial charge >= 0.3 is 0 Å². The van der Waals surface area contributed by atoms with Gasteiger partial charge in [0.1, 0.15) is 0 Å². The lowest BCUT2D eigenvalue weighted by Gasteiger charge is -2.35. The summed E-state index contributed by atoms with van der Waals surface area (Å²) in [5, 5.41) is 0. The highest BCUT2D eigenvalue weighted by Gasteiger charge is 2.26. The van der Waals surface area contributed by atoms with Gasteiger partial charge in [-0.3, -0.25) is 0 Å². The maximum absolute atomic E-state index is 2.46. The second kappa shape index (κ2) is 4.30. The van der Waals surface area contributed by atoms with Crippen molar-refractivity contribution in [3.05, 3.63) is 0 Å². The van der Waals surface area contributed by atoms with E-state index in [2.05, 4.69) is 27.7 Å². The minimum Gasteiger partial charge on any atom is -0.0628 e. The summed E-state index contributed by atoms with van der Waals surface area (Å²) >= 11 is 0. The minimum absolute atomic E-state index is 0.891. The summed E-state index contributed by atoms with van der Waals surface area (Å²) in [5.41, 5.74) is 0. The van der Waals surface area contributed by atoms with Crippen LogP contribution in [-0.4, -0.2) is 0 Å². The van der Waals surface area contributed by atoms with Crippen LogP contribution in [0.3, 0.4) is 0 Å². The smallest absolute Gasteiger partial charge is 0.0384 e. The molecule has 0 aromatic heterocycles. The van der Waals surface area contributed by atoms with Crippen molar-refractivity contribution in [2.45, 2.75) is 53.4 Å². The third-order valence-corrected chi connectivity index (χ3v) is 3.65. The highest BCUT2D eigenvalue weighted by Crippen LogP contribution is 2.37. The average molecular weight is 168 g/mol. The molecule has 12 heavy (non-hydrogen) atoms. The Hall–Kier alpha value is 0. The Morgan fingerprint density at radius 3 is 2.42 bits per heavy atom. The lowest BCUT2D eigenvalue weighted by Crippen LogP contribution is -2.25. The van der Waals surface area contributed by atoms with Crippen molar-refractivity contribution in [3.63, 3.8) is 0 Å². The van der Waals surface area contributed by atoms with E-state index in [0.717, 1.165) is 23.7 Å². The molecule has 0 aromatic rings. The number of rotatable bonds is 2. The fourth-order valence-corrected chi connectivity index (χ4v) is 2.63. The van der Waals surface area contributed by atoms with Gasteiger partial charge in [-0.25, -0.2) is 0 Å². The summed E-state index contributed by atoms with van der Waals surface area (Å²) in [6, 6.07) is 0. The topological polar surface area (TPSA) is 0 Å². The molecule has 1 saturated carbocycles. The fraction of sp³-hybridized carbons (Fsp3) is 1.00. The lowest BCUT2D eigenvalue weighted by molar-refractivity contribution is 0.159. The molecule has 0 aliphatic heterocycles. The van der Waals surface area contributed by atoms with Crippen LogP contribution in [0.5, 0.6) is 0 Å². The summed E-state index contributed by atoms with van der Waals surface area (Å²) in [5.74, 6) is 3.86. The first-order chi connectivity index (χ1) is 5.61. The first-order valence-electron chi connectivity index (χ1n) is 5.61. The van der Waals surface area contributed by atoms with Crippen molar-refractivity contribution in [3.8, 4) is 0 Å². The maximum Gasteiger partial charge on any atom is -0.0384 e. The Balaban J connectivity index is 2.41. The largest absolute Gasteiger partial charge is 0.0628 e. The van der Waals surface area contributed by atoms with E-state index in [1.165, 1.54) is 25.7 Å². The first-order valence-corrected chi connectivity index (χ1v) is 5.61. The van der Waals surface area contributed by atoms with Gasteiger partial charge in [0.25, 0.3) is 0 Å². The highest BCUT2D eigenvalue weighted by molar-refractivity contribution is 4.77. The highest BCUT2D eigenvalue weighted by atomic mass is 14.3. The molecule has 0 amide bonds. The van der Waals surface area contributed by atoms with Crippen LogP contribution in [0.25, 0.3) is 0 Å². The molecule has 1 fully saturated rings. The first kappa shape index (κ1) is 10.1. The standard InChI is InChI=1S/C12H24/c1-9(2)8-12-7-5-6-10(3)11(12)4/h9-12H,5-8H2,1-4H3. The molecule has 0 heteroatoms. The van der Waals surface area contributed by atoms with Crippen LogP contribution in [0, 0.1) is 23.7 Å². The Bertz CT molecular complexity index is 126. The Kier molecular flexibility index (Phi) is 3.61. The molecule has 3 unspecified atom stereocenters. The van der Waals surface area contributed by atoms with Crippen LogP contribution < -0.4 is 0 Å². The normalized spacial score (nSPS) is 37.2. The summed E-state index contributed by atoms with van der Waals surface area (Å²) in [6.07, 6.45) is 5.88. The van der Waals surface area contributed by atoms with Gasteiger partial charge in [0.15, 0.2) is 0 Å². The lowest BCUT2D eigenvalue weighted by atomic mass is 9.71. The van der Waals surface area contributed by atoms with Gasteiger partial charge in [-0.15, -0.1) is 0 Å². The molecule has 0 heterocycles. The van der Waals surface area contributed by atoms with E-state index < -0.39 is 0 Å². The second-order valence-corrected chi connectivity index (χ2v) is 5.16. The van der Waals surface area contributed by atoms with Gasteiger partial charge in [0, 0.05) is 0 Å². The predicted molar refractivity (Wildman–Crippen MR) is 55.1 cm³/mol. The van der Waals surface area contributed by atoms with E-state index in [4.69, 9.17) is 0 Å². The molecule has 0 radical (unpaired) electrons. The SMILES string of the molecule is CC(C)CC1CCCC(C)C1C. The fourth-order valence-electron chi connectivity index (χ4n) is 2.63. The molecule has 0 bridgehead atoms. The summed E-state index contributed by atoms with van der Waals surface area (Å²) in [7, 11) is 0. The van der Waals surface area contributed by atoms with Crippen LogP contribution in [0.4, 0.5) is 0 Å². The molecule has 72 valence electrons. The van der Waals surface area contributed by atoms with Crippen molar-refractivity contribution in [2.24, 2.45) is 23.7 Å². The summed E-state index contributed by atoms with van der Waals surface area (Å²) in [6.45, 7) is 9.59. The van der Waals surface area contributed by atoms with Crippen molar-refractivity contribution < 1.29 is 0 Å². The van der Waals surface area contributed by atoms with Gasteiger partial charge in [0.05, 0.1) is 0 Å². The molecular weight excluding hydrogens is 144 g/mol. The minimum atomic E-state index is 0.891. The van der Waals surface area contributed by atoms with Crippen molar-refractivity contribution in [1.29, 1.82) is 0 Å². The predicted octanol–water partition coefficient (Wildman–Crippen LogP) is 4.10. The van der Waals surface area contributed by atoms with Crippen LogP contribution in [-0.2, 0) is 0 Å². The molecule has 0 nitrogen and oxygen atoms in total. The molecule has 1 aliphatic carbocycles. The van der Waals surface area contributed by atoms with Crippen LogP contribution in [0.15, 0.2) is 0 Å². The molecule has 0 aromatic carbocycles. The molecule has 1 rings (SSSR count). The van der Waals surface area contributed by atoms with Crippen molar-refractivity contribution >= 4 is 0 Å². The average Bonchev–Trinajstić information content (AvgIpc) is 1.98. The van der Waals surface area contributed by atoms with Crippen LogP contribution >= 0.6 is 0 Å². The van der Waals surface area contributed by atoms with Crippen molar-refractivity contribution in [2.75, 3.05) is 0 Å². The summed E-state index contributed by atoms with van der Waals surface area (Å²) in [4.78, 5) is 0. The van der Waals surface area contributed by atoms with Crippen molar-refractivity contribution in [1.82, 2.24) is 0 Å². The Morgan fingerprint density at radius 1 is 1.17 bits per heavy atom. The molecule has 0 N–H and O–H groups in total.